The van der Waals surface area contributed by atoms with Gasteiger partial charge < -0.3 is 4.55 Å². The summed E-state index contributed by atoms with van der Waals surface area (Å²) < 4.78 is 14.7. The molecule has 76 valence electrons. The summed E-state index contributed by atoms with van der Waals surface area (Å²) in [5, 5.41) is 2.13. The molecule has 0 aliphatic rings. The molecule has 2 aromatic rings. The fraction of sp³-hybridized carbons (Fsp3) is 0.0909. The van der Waals surface area contributed by atoms with E-state index in [9.17, 15) is 4.55 Å². The van der Waals surface area contributed by atoms with E-state index in [1.807, 2.05) is 24.3 Å². The third-order valence-corrected chi connectivity index (χ3v) is 2.46. The van der Waals surface area contributed by atoms with E-state index in [0.717, 1.165) is 16.3 Å². The molecule has 1 atom stereocenters. The van der Waals surface area contributed by atoms with E-state index < -0.39 is 11.4 Å². The molecule has 1 aromatic heterocycles. The quantitative estimate of drug-likeness (QED) is 0.571. The molecule has 2 rings (SSSR count). The number of nitrogens with zero attached hydrogens (tertiary/aromatic N) is 2. The maximum Gasteiger partial charge on any atom is 0.123 e. The Morgan fingerprint density at radius 3 is 3.07 bits per heavy atom. The van der Waals surface area contributed by atoms with Crippen LogP contribution in [0.1, 0.15) is 5.56 Å². The molecule has 0 amide bonds. The number of rotatable bonds is 2. The largest absolute Gasteiger partial charge is 0.592 e. The fourth-order valence-corrected chi connectivity index (χ4v) is 1.64. The van der Waals surface area contributed by atoms with Gasteiger partial charge in [-0.3, -0.25) is 4.98 Å². The Hall–Kier alpha value is -1.39. The van der Waals surface area contributed by atoms with Crippen LogP contribution in [0.25, 0.3) is 10.8 Å². The van der Waals surface area contributed by atoms with Crippen LogP contribution >= 0.6 is 0 Å². The first-order chi connectivity index (χ1) is 7.27. The highest BCUT2D eigenvalue weighted by atomic mass is 32.2. The summed E-state index contributed by atoms with van der Waals surface area (Å²) in [6, 6.07) is 7.83. The summed E-state index contributed by atoms with van der Waals surface area (Å²) >= 11 is -1.16. The van der Waals surface area contributed by atoms with Crippen molar-refractivity contribution in [1.82, 2.24) is 4.98 Å². The summed E-state index contributed by atoms with van der Waals surface area (Å²) in [7, 11) is 0. The Balaban J connectivity index is 2.51. The number of pyridine rings is 1. The summed E-state index contributed by atoms with van der Waals surface area (Å²) in [5.41, 5.74) is 0.941. The molecule has 0 radical (unpaired) electrons. The number of fused-ring (bicyclic) bond motifs is 1. The van der Waals surface area contributed by atoms with E-state index in [0.29, 0.717) is 0 Å². The van der Waals surface area contributed by atoms with Gasteiger partial charge in [-0.15, -0.1) is 0 Å². The molecular weight excluding hydrogens is 208 g/mol. The van der Waals surface area contributed by atoms with Gasteiger partial charge in [0.15, 0.2) is 0 Å². The SMILES string of the molecule is C[S+]([O-])N=Cc1cccc2ccncc12. The van der Waals surface area contributed by atoms with Gasteiger partial charge in [-0.05, 0) is 11.5 Å². The molecule has 1 aromatic carbocycles. The lowest BCUT2D eigenvalue weighted by Crippen LogP contribution is -1.92. The average Bonchev–Trinajstić information content (AvgIpc) is 2.26. The van der Waals surface area contributed by atoms with Gasteiger partial charge in [0.1, 0.15) is 6.26 Å². The van der Waals surface area contributed by atoms with Crippen LogP contribution in [-0.4, -0.2) is 22.0 Å². The lowest BCUT2D eigenvalue weighted by Gasteiger charge is -2.00. The first kappa shape index (κ1) is 10.1. The van der Waals surface area contributed by atoms with Gasteiger partial charge >= 0.3 is 0 Å². The van der Waals surface area contributed by atoms with Gasteiger partial charge in [-0.1, -0.05) is 22.6 Å². The van der Waals surface area contributed by atoms with E-state index in [-0.39, 0.29) is 0 Å². The Bertz CT molecular complexity index is 491. The molecule has 0 bridgehead atoms. The van der Waals surface area contributed by atoms with E-state index in [1.165, 1.54) is 0 Å². The van der Waals surface area contributed by atoms with Crippen molar-refractivity contribution in [2.24, 2.45) is 4.40 Å². The van der Waals surface area contributed by atoms with E-state index >= 15 is 0 Å². The van der Waals surface area contributed by atoms with Crippen molar-refractivity contribution < 1.29 is 4.55 Å². The van der Waals surface area contributed by atoms with Gasteiger partial charge in [-0.25, -0.2) is 0 Å². The lowest BCUT2D eigenvalue weighted by molar-refractivity contribution is 0.603. The molecule has 0 saturated heterocycles. The van der Waals surface area contributed by atoms with Gasteiger partial charge in [0, 0.05) is 23.3 Å². The molecule has 1 heterocycles. The molecule has 0 fully saturated rings. The summed E-state index contributed by atoms with van der Waals surface area (Å²) in [6.45, 7) is 0. The fourth-order valence-electron chi connectivity index (χ4n) is 1.38. The van der Waals surface area contributed by atoms with Crippen LogP contribution in [0.2, 0.25) is 0 Å². The zero-order valence-corrected chi connectivity index (χ0v) is 9.07. The molecule has 0 aliphatic heterocycles. The van der Waals surface area contributed by atoms with E-state index in [4.69, 9.17) is 0 Å². The second kappa shape index (κ2) is 4.42. The minimum absolute atomic E-state index is 0.941. The molecular formula is C11H10N2OS. The van der Waals surface area contributed by atoms with Gasteiger partial charge in [0.05, 0.1) is 17.6 Å². The van der Waals surface area contributed by atoms with Gasteiger partial charge in [0.2, 0.25) is 0 Å². The van der Waals surface area contributed by atoms with Crippen molar-refractivity contribution in [2.75, 3.05) is 6.26 Å². The Labute approximate surface area is 91.2 Å². The lowest BCUT2D eigenvalue weighted by atomic mass is 10.1. The normalized spacial score (nSPS) is 13.5. The van der Waals surface area contributed by atoms with Crippen molar-refractivity contribution in [3.8, 4) is 0 Å². The molecule has 1 unspecified atom stereocenters. The number of hydrogen-bond acceptors (Lipinski definition) is 3. The van der Waals surface area contributed by atoms with Crippen molar-refractivity contribution in [3.63, 3.8) is 0 Å². The van der Waals surface area contributed by atoms with Crippen LogP contribution in [0.4, 0.5) is 0 Å². The van der Waals surface area contributed by atoms with Crippen LogP contribution < -0.4 is 0 Å². The molecule has 0 N–H and O–H groups in total. The highest BCUT2D eigenvalue weighted by Crippen LogP contribution is 2.15. The molecule has 0 saturated carbocycles. The van der Waals surface area contributed by atoms with Crippen LogP contribution in [0.3, 0.4) is 0 Å². The Kier molecular flexibility index (Phi) is 2.99. The topological polar surface area (TPSA) is 48.3 Å². The maximum atomic E-state index is 10.9. The number of benzene rings is 1. The molecule has 3 nitrogen and oxygen atoms in total. The minimum Gasteiger partial charge on any atom is -0.592 e. The second-order valence-corrected chi connectivity index (χ2v) is 4.16. The van der Waals surface area contributed by atoms with Crippen molar-refractivity contribution in [3.05, 3.63) is 42.2 Å². The van der Waals surface area contributed by atoms with Crippen LogP contribution in [0.15, 0.2) is 41.1 Å². The van der Waals surface area contributed by atoms with Gasteiger partial charge in [-0.2, -0.15) is 0 Å². The summed E-state index contributed by atoms with van der Waals surface area (Å²) in [6.07, 6.45) is 6.70. The van der Waals surface area contributed by atoms with Crippen LogP contribution in [0.5, 0.6) is 0 Å². The number of aromatic nitrogens is 1. The minimum atomic E-state index is -1.16. The molecule has 0 spiro atoms. The Morgan fingerprint density at radius 1 is 1.40 bits per heavy atom. The van der Waals surface area contributed by atoms with Crippen molar-refractivity contribution in [2.45, 2.75) is 0 Å². The zero-order valence-electron chi connectivity index (χ0n) is 8.25. The third kappa shape index (κ3) is 2.34. The van der Waals surface area contributed by atoms with E-state index in [1.54, 1.807) is 24.9 Å². The monoisotopic (exact) mass is 218 g/mol. The molecule has 4 heteroatoms. The highest BCUT2D eigenvalue weighted by molar-refractivity contribution is 7.89. The van der Waals surface area contributed by atoms with Crippen molar-refractivity contribution in [1.29, 1.82) is 0 Å². The van der Waals surface area contributed by atoms with Crippen LogP contribution in [-0.2, 0) is 11.4 Å². The Morgan fingerprint density at radius 2 is 2.27 bits per heavy atom. The van der Waals surface area contributed by atoms with Crippen molar-refractivity contribution >= 4 is 28.3 Å². The van der Waals surface area contributed by atoms with Crippen LogP contribution in [0, 0.1) is 0 Å². The third-order valence-electron chi connectivity index (χ3n) is 2.06. The molecule has 15 heavy (non-hydrogen) atoms. The summed E-state index contributed by atoms with van der Waals surface area (Å²) in [5.74, 6) is 0. The zero-order chi connectivity index (χ0) is 10.7. The second-order valence-electron chi connectivity index (χ2n) is 3.10. The van der Waals surface area contributed by atoms with Gasteiger partial charge in [0.25, 0.3) is 0 Å². The first-order valence-electron chi connectivity index (χ1n) is 4.48. The standard InChI is InChI=1S/C11H10N2OS/c1-15(14)13-7-10-4-2-3-9-5-6-12-8-11(9)10/h2-8H,1H3. The van der Waals surface area contributed by atoms with E-state index in [2.05, 4.69) is 9.38 Å². The number of hydrogen-bond donors (Lipinski definition) is 0. The average molecular weight is 218 g/mol. The first-order valence-corrected chi connectivity index (χ1v) is 5.99. The predicted molar refractivity (Wildman–Crippen MR) is 63.4 cm³/mol. The maximum absolute atomic E-state index is 10.9. The highest BCUT2D eigenvalue weighted by Gasteiger charge is 1.98. The summed E-state index contributed by atoms with van der Waals surface area (Å²) in [4.78, 5) is 4.06. The molecule has 0 aliphatic carbocycles. The smallest absolute Gasteiger partial charge is 0.123 e. The predicted octanol–water partition coefficient (Wildman–Crippen LogP) is 1.95.